The molecule has 48 heavy (non-hydrogen) atoms. The summed E-state index contributed by atoms with van der Waals surface area (Å²) in [6.45, 7) is 15.2. The molecule has 4 fully saturated rings. The first-order chi connectivity index (χ1) is 22.5. The van der Waals surface area contributed by atoms with E-state index in [0.29, 0.717) is 30.8 Å². The van der Waals surface area contributed by atoms with E-state index in [1.807, 2.05) is 59.0 Å². The lowest BCUT2D eigenvalue weighted by atomic mass is 9.76. The van der Waals surface area contributed by atoms with Gasteiger partial charge in [-0.25, -0.2) is 4.79 Å². The lowest BCUT2D eigenvalue weighted by molar-refractivity contribution is -0.296. The molecule has 14 atom stereocenters. The van der Waals surface area contributed by atoms with Gasteiger partial charge in [-0.05, 0) is 77.6 Å². The molecule has 1 N–H and O–H groups in total. The third-order valence-corrected chi connectivity index (χ3v) is 11.4. The second kappa shape index (κ2) is 14.2. The van der Waals surface area contributed by atoms with Gasteiger partial charge in [0.05, 0.1) is 23.9 Å². The largest absolute Gasteiger partial charge is 0.509 e. The van der Waals surface area contributed by atoms with Crippen molar-refractivity contribution in [3.63, 3.8) is 0 Å². The SMILES string of the molecule is CC[C@H]1OC(=O)O[C@@]1(C)[C@@H]1OC(=O)[C@H](C)C(=O)[C@H](C)[C@@H](O[C@@H]2OC(C)CC(N(C)Cc3ccc(Cl)cc3)C2O)[C@]2(C)CC(C)C(O2)[C@@H]1C. The van der Waals surface area contributed by atoms with Gasteiger partial charge in [0.1, 0.15) is 24.2 Å². The molecule has 4 heterocycles. The highest BCUT2D eigenvalue weighted by atomic mass is 35.5. The minimum Gasteiger partial charge on any atom is -0.457 e. The highest BCUT2D eigenvalue weighted by Gasteiger charge is 2.61. The molecule has 12 heteroatoms. The van der Waals surface area contributed by atoms with Crippen molar-refractivity contribution in [3.05, 3.63) is 34.9 Å². The predicted octanol–water partition coefficient (Wildman–Crippen LogP) is 5.31. The lowest BCUT2D eigenvalue weighted by Crippen LogP contribution is -2.58. The fourth-order valence-corrected chi connectivity index (χ4v) is 8.71. The second-order valence-corrected chi connectivity index (χ2v) is 15.4. The van der Waals surface area contributed by atoms with Crippen LogP contribution in [0.4, 0.5) is 4.79 Å². The first kappa shape index (κ1) is 37.0. The van der Waals surface area contributed by atoms with Crippen LogP contribution in [0.3, 0.4) is 0 Å². The summed E-state index contributed by atoms with van der Waals surface area (Å²) in [4.78, 5) is 42.2. The van der Waals surface area contributed by atoms with Gasteiger partial charge < -0.3 is 33.5 Å². The van der Waals surface area contributed by atoms with E-state index in [4.69, 9.17) is 40.0 Å². The van der Waals surface area contributed by atoms with Crippen LogP contribution in [-0.2, 0) is 44.6 Å². The van der Waals surface area contributed by atoms with E-state index in [1.165, 1.54) is 6.92 Å². The lowest BCUT2D eigenvalue weighted by Gasteiger charge is -2.46. The van der Waals surface area contributed by atoms with Crippen molar-refractivity contribution in [2.24, 2.45) is 23.7 Å². The third-order valence-electron chi connectivity index (χ3n) is 11.1. The number of aliphatic hydroxyl groups is 1. The number of aliphatic hydroxyl groups excluding tert-OH is 1. The molecule has 1 aromatic carbocycles. The molecule has 2 bridgehead atoms. The van der Waals surface area contributed by atoms with E-state index in [1.54, 1.807) is 13.8 Å². The van der Waals surface area contributed by atoms with E-state index < -0.39 is 77.9 Å². The summed E-state index contributed by atoms with van der Waals surface area (Å²) in [5, 5.41) is 12.4. The van der Waals surface area contributed by atoms with Gasteiger partial charge in [-0.2, -0.15) is 0 Å². The minimum absolute atomic E-state index is 0.0486. The first-order valence-corrected chi connectivity index (χ1v) is 17.6. The summed E-state index contributed by atoms with van der Waals surface area (Å²) >= 11 is 6.09. The zero-order valence-electron chi connectivity index (χ0n) is 29.5. The molecule has 4 saturated heterocycles. The Bertz CT molecular complexity index is 1340. The fourth-order valence-electron chi connectivity index (χ4n) is 8.59. The van der Waals surface area contributed by atoms with E-state index in [0.717, 1.165) is 5.56 Å². The Balaban J connectivity index is 1.45. The molecule has 11 nitrogen and oxygen atoms in total. The Kier molecular flexibility index (Phi) is 10.9. The maximum absolute atomic E-state index is 14.1. The molecular weight excluding hydrogens is 642 g/mol. The van der Waals surface area contributed by atoms with Crippen LogP contribution in [0.25, 0.3) is 0 Å². The van der Waals surface area contributed by atoms with Crippen molar-refractivity contribution in [3.8, 4) is 0 Å². The van der Waals surface area contributed by atoms with Gasteiger partial charge in [0.15, 0.2) is 17.7 Å². The van der Waals surface area contributed by atoms with Crippen LogP contribution in [0.1, 0.15) is 80.2 Å². The zero-order valence-corrected chi connectivity index (χ0v) is 30.3. The summed E-state index contributed by atoms with van der Waals surface area (Å²) in [6.07, 6.45) is -4.52. The molecule has 0 saturated carbocycles. The summed E-state index contributed by atoms with van der Waals surface area (Å²) in [5.41, 5.74) is -1.23. The number of carbonyl (C=O) groups is 3. The molecule has 0 aliphatic carbocycles. The number of benzene rings is 1. The highest BCUT2D eigenvalue weighted by Crippen LogP contribution is 2.48. The van der Waals surface area contributed by atoms with Gasteiger partial charge in [-0.15, -0.1) is 0 Å². The maximum Gasteiger partial charge on any atom is 0.509 e. The average Bonchev–Trinajstić information content (AvgIpc) is 3.52. The summed E-state index contributed by atoms with van der Waals surface area (Å²) in [5.74, 6) is -3.56. The number of nitrogens with zero attached hydrogens (tertiary/aromatic N) is 1. The standard InChI is InChI=1S/C36H52ClNO10/c1-10-26-36(8,48-34(42)44-26)31-22(6)29-18(2)16-35(7,47-29)30(20(4)27(39)21(5)32(41)45-31)46-33-28(40)25(15-19(3)43-33)38(9)17-23-11-13-24(37)14-12-23/h11-14,18-22,25-26,28-31,33,40H,10,15-17H2,1-9H3/t18?,19?,20-,21+,22-,25?,26+,28?,29?,30+,31+,33-,35-,36+/m0/s1. The van der Waals surface area contributed by atoms with Crippen molar-refractivity contribution >= 4 is 29.5 Å². The average molecular weight is 694 g/mol. The maximum atomic E-state index is 14.1. The number of likely N-dealkylation sites (N-methyl/N-ethyl adjacent to an activating group) is 1. The number of ketones is 1. The molecule has 1 aromatic rings. The topological polar surface area (TPSA) is 130 Å². The Morgan fingerprint density at radius 1 is 1.04 bits per heavy atom. The molecule has 0 amide bonds. The van der Waals surface area contributed by atoms with Gasteiger partial charge in [0, 0.05) is 29.4 Å². The Hall–Kier alpha value is -2.28. The number of carbonyl (C=O) groups excluding carboxylic acids is 3. The summed E-state index contributed by atoms with van der Waals surface area (Å²) < 4.78 is 37.1. The van der Waals surface area contributed by atoms with Crippen molar-refractivity contribution in [1.29, 1.82) is 0 Å². The van der Waals surface area contributed by atoms with Crippen LogP contribution < -0.4 is 0 Å². The number of fused-ring (bicyclic) bond motifs is 2. The number of hydrogen-bond acceptors (Lipinski definition) is 11. The van der Waals surface area contributed by atoms with Crippen LogP contribution in [-0.4, -0.2) is 95.1 Å². The second-order valence-electron chi connectivity index (χ2n) is 15.0. The van der Waals surface area contributed by atoms with Crippen molar-refractivity contribution in [2.45, 2.75) is 141 Å². The number of hydrogen-bond donors (Lipinski definition) is 1. The molecule has 4 aliphatic rings. The zero-order chi connectivity index (χ0) is 35.3. The molecule has 5 unspecified atom stereocenters. The van der Waals surface area contributed by atoms with Crippen molar-refractivity contribution < 1.29 is 47.9 Å². The fraction of sp³-hybridized carbons (Fsp3) is 0.750. The van der Waals surface area contributed by atoms with Crippen LogP contribution in [0.5, 0.6) is 0 Å². The highest BCUT2D eigenvalue weighted by molar-refractivity contribution is 6.30. The minimum atomic E-state index is -1.29. The number of Topliss-reactive ketones (excluding diaryl/α,β-unsaturated/α-hetero) is 1. The van der Waals surface area contributed by atoms with E-state index >= 15 is 0 Å². The Morgan fingerprint density at radius 2 is 1.71 bits per heavy atom. The molecule has 4 aliphatic heterocycles. The first-order valence-electron chi connectivity index (χ1n) is 17.2. The van der Waals surface area contributed by atoms with Crippen LogP contribution in [0.15, 0.2) is 24.3 Å². The smallest absolute Gasteiger partial charge is 0.457 e. The quantitative estimate of drug-likeness (QED) is 0.295. The van der Waals surface area contributed by atoms with Crippen molar-refractivity contribution in [2.75, 3.05) is 7.05 Å². The van der Waals surface area contributed by atoms with Gasteiger partial charge >= 0.3 is 12.1 Å². The Morgan fingerprint density at radius 3 is 2.35 bits per heavy atom. The van der Waals surface area contributed by atoms with Gasteiger partial charge in [-0.3, -0.25) is 14.5 Å². The van der Waals surface area contributed by atoms with E-state index in [2.05, 4.69) is 11.8 Å². The van der Waals surface area contributed by atoms with Crippen LogP contribution in [0.2, 0.25) is 5.02 Å². The monoisotopic (exact) mass is 693 g/mol. The number of esters is 1. The Labute approximate surface area is 288 Å². The van der Waals surface area contributed by atoms with Gasteiger partial charge in [-0.1, -0.05) is 51.4 Å². The molecule has 0 aromatic heterocycles. The molecule has 5 rings (SSSR count). The molecule has 268 valence electrons. The van der Waals surface area contributed by atoms with E-state index in [-0.39, 0.29) is 23.8 Å². The van der Waals surface area contributed by atoms with Gasteiger partial charge in [0.2, 0.25) is 0 Å². The number of ether oxygens (including phenoxy) is 6. The number of cyclic esters (lactones) is 3. The van der Waals surface area contributed by atoms with Crippen molar-refractivity contribution in [1.82, 2.24) is 4.90 Å². The predicted molar refractivity (Wildman–Crippen MR) is 176 cm³/mol. The van der Waals surface area contributed by atoms with Gasteiger partial charge in [0.25, 0.3) is 0 Å². The summed E-state index contributed by atoms with van der Waals surface area (Å²) in [6, 6.07) is 7.29. The molecule has 0 spiro atoms. The van der Waals surface area contributed by atoms with Crippen LogP contribution >= 0.6 is 11.6 Å². The summed E-state index contributed by atoms with van der Waals surface area (Å²) in [7, 11) is 1.95. The molecular formula is C36H52ClNO10. The normalized spacial score (nSPS) is 43.8. The third kappa shape index (κ3) is 7.01. The van der Waals surface area contributed by atoms with E-state index in [9.17, 15) is 19.5 Å². The molecule has 0 radical (unpaired) electrons. The van der Waals surface area contributed by atoms with Crippen LogP contribution in [0, 0.1) is 23.7 Å². The number of rotatable bonds is 7. The number of halogens is 1.